The molecule has 0 radical (unpaired) electrons. The zero-order chi connectivity index (χ0) is 13.0. The van der Waals surface area contributed by atoms with E-state index in [4.69, 9.17) is 10.5 Å². The van der Waals surface area contributed by atoms with Gasteiger partial charge in [0.2, 0.25) is 0 Å². The van der Waals surface area contributed by atoms with E-state index in [2.05, 4.69) is 15.9 Å². The summed E-state index contributed by atoms with van der Waals surface area (Å²) in [6.45, 7) is 0.500. The highest BCUT2D eigenvalue weighted by Gasteiger charge is 2.00. The molecule has 0 fully saturated rings. The van der Waals surface area contributed by atoms with Crippen LogP contribution >= 0.6 is 15.9 Å². The Hall–Kier alpha value is -1.55. The first-order valence-corrected chi connectivity index (χ1v) is 6.36. The largest absolute Gasteiger partial charge is 0.493 e. The van der Waals surface area contributed by atoms with Crippen LogP contribution in [0, 0.1) is 5.82 Å². The fraction of sp³-hybridized carbons (Fsp3) is 0.143. The number of hydrogen-bond donors (Lipinski definition) is 1. The lowest BCUT2D eigenvalue weighted by Gasteiger charge is -2.07. The molecule has 0 aliphatic carbocycles. The minimum Gasteiger partial charge on any atom is -0.493 e. The van der Waals surface area contributed by atoms with Crippen molar-refractivity contribution in [1.82, 2.24) is 0 Å². The standard InChI is InChI=1S/C14H13BrFNO/c15-11-7-12(16)9-14(8-11)18-6-5-10-1-3-13(17)4-2-10/h1-4,7-9H,5-6,17H2. The van der Waals surface area contributed by atoms with Crippen molar-refractivity contribution in [3.8, 4) is 5.75 Å². The van der Waals surface area contributed by atoms with Crippen LogP contribution in [0.1, 0.15) is 5.56 Å². The van der Waals surface area contributed by atoms with Crippen LogP contribution in [0.2, 0.25) is 0 Å². The first-order chi connectivity index (χ1) is 8.63. The van der Waals surface area contributed by atoms with E-state index in [0.717, 1.165) is 17.7 Å². The van der Waals surface area contributed by atoms with Crippen molar-refractivity contribution in [3.05, 3.63) is 58.3 Å². The van der Waals surface area contributed by atoms with E-state index in [-0.39, 0.29) is 5.82 Å². The quantitative estimate of drug-likeness (QED) is 0.872. The van der Waals surface area contributed by atoms with Gasteiger partial charge in [0.25, 0.3) is 0 Å². The molecule has 18 heavy (non-hydrogen) atoms. The Morgan fingerprint density at radius 3 is 2.50 bits per heavy atom. The number of hydrogen-bond acceptors (Lipinski definition) is 2. The molecule has 0 aromatic heterocycles. The molecule has 2 aromatic carbocycles. The zero-order valence-electron chi connectivity index (χ0n) is 9.70. The van der Waals surface area contributed by atoms with Crippen LogP contribution in [0.15, 0.2) is 46.9 Å². The van der Waals surface area contributed by atoms with E-state index in [1.807, 2.05) is 24.3 Å². The molecule has 4 heteroatoms. The molecule has 94 valence electrons. The Balaban J connectivity index is 1.90. The van der Waals surface area contributed by atoms with Crippen LogP contribution in [0.25, 0.3) is 0 Å². The van der Waals surface area contributed by atoms with Crippen molar-refractivity contribution in [2.75, 3.05) is 12.3 Å². The fourth-order valence-electron chi connectivity index (χ4n) is 1.58. The Bertz CT molecular complexity index is 508. The van der Waals surface area contributed by atoms with Crippen molar-refractivity contribution >= 4 is 21.6 Å². The lowest BCUT2D eigenvalue weighted by molar-refractivity contribution is 0.320. The van der Waals surface area contributed by atoms with Gasteiger partial charge in [-0.2, -0.15) is 0 Å². The first-order valence-electron chi connectivity index (χ1n) is 5.57. The first kappa shape index (κ1) is 12.9. The van der Waals surface area contributed by atoms with Gasteiger partial charge in [-0.25, -0.2) is 4.39 Å². The van der Waals surface area contributed by atoms with Crippen molar-refractivity contribution in [1.29, 1.82) is 0 Å². The molecule has 2 rings (SSSR count). The molecule has 0 bridgehead atoms. The Morgan fingerprint density at radius 2 is 1.83 bits per heavy atom. The summed E-state index contributed by atoms with van der Waals surface area (Å²) in [5.41, 5.74) is 7.48. The van der Waals surface area contributed by atoms with E-state index in [9.17, 15) is 4.39 Å². The summed E-state index contributed by atoms with van der Waals surface area (Å²) in [5.74, 6) is 0.212. The molecule has 0 atom stereocenters. The minimum absolute atomic E-state index is 0.313. The van der Waals surface area contributed by atoms with Gasteiger partial charge in [-0.1, -0.05) is 28.1 Å². The summed E-state index contributed by atoms with van der Waals surface area (Å²) in [7, 11) is 0. The molecule has 0 aliphatic heterocycles. The van der Waals surface area contributed by atoms with Crippen LogP contribution in [-0.4, -0.2) is 6.61 Å². The van der Waals surface area contributed by atoms with E-state index in [1.165, 1.54) is 12.1 Å². The van der Waals surface area contributed by atoms with Crippen LogP contribution in [0.5, 0.6) is 5.75 Å². The Morgan fingerprint density at radius 1 is 1.11 bits per heavy atom. The molecule has 0 spiro atoms. The van der Waals surface area contributed by atoms with E-state index in [1.54, 1.807) is 6.07 Å². The van der Waals surface area contributed by atoms with E-state index in [0.29, 0.717) is 16.8 Å². The van der Waals surface area contributed by atoms with Gasteiger partial charge in [0.15, 0.2) is 0 Å². The minimum atomic E-state index is -0.313. The SMILES string of the molecule is Nc1ccc(CCOc2cc(F)cc(Br)c2)cc1. The van der Waals surface area contributed by atoms with Crippen LogP contribution in [0.3, 0.4) is 0 Å². The molecule has 0 aliphatic rings. The number of nitrogen functional groups attached to an aromatic ring is 1. The molecule has 0 amide bonds. The maximum absolute atomic E-state index is 13.1. The smallest absolute Gasteiger partial charge is 0.128 e. The predicted octanol–water partition coefficient (Wildman–Crippen LogP) is 3.79. The van der Waals surface area contributed by atoms with Gasteiger partial charge in [0.1, 0.15) is 11.6 Å². The molecule has 2 nitrogen and oxygen atoms in total. The molecule has 0 saturated heterocycles. The second kappa shape index (κ2) is 5.87. The third-order valence-corrected chi connectivity index (χ3v) is 2.93. The van der Waals surface area contributed by atoms with Crippen molar-refractivity contribution in [2.24, 2.45) is 0 Å². The van der Waals surface area contributed by atoms with Gasteiger partial charge in [-0.15, -0.1) is 0 Å². The third kappa shape index (κ3) is 3.74. The highest BCUT2D eigenvalue weighted by atomic mass is 79.9. The lowest BCUT2D eigenvalue weighted by Crippen LogP contribution is -2.01. The summed E-state index contributed by atoms with van der Waals surface area (Å²) in [6.07, 6.45) is 0.758. The Labute approximate surface area is 114 Å². The van der Waals surface area contributed by atoms with Gasteiger partial charge in [-0.3, -0.25) is 0 Å². The Kier molecular flexibility index (Phi) is 4.20. The molecular formula is C14H13BrFNO. The summed E-state index contributed by atoms with van der Waals surface area (Å²) in [5, 5.41) is 0. The highest BCUT2D eigenvalue weighted by molar-refractivity contribution is 9.10. The van der Waals surface area contributed by atoms with Gasteiger partial charge in [-0.05, 0) is 29.8 Å². The number of anilines is 1. The monoisotopic (exact) mass is 309 g/mol. The summed E-state index contributed by atoms with van der Waals surface area (Å²) in [4.78, 5) is 0. The van der Waals surface area contributed by atoms with Crippen molar-refractivity contribution < 1.29 is 9.13 Å². The maximum Gasteiger partial charge on any atom is 0.128 e. The summed E-state index contributed by atoms with van der Waals surface area (Å²) in [6, 6.07) is 12.1. The molecule has 0 heterocycles. The molecule has 0 saturated carbocycles. The topological polar surface area (TPSA) is 35.2 Å². The second-order valence-corrected chi connectivity index (χ2v) is 4.86. The predicted molar refractivity (Wildman–Crippen MR) is 74.2 cm³/mol. The van der Waals surface area contributed by atoms with Crippen molar-refractivity contribution in [2.45, 2.75) is 6.42 Å². The normalized spacial score (nSPS) is 10.3. The molecule has 2 aromatic rings. The van der Waals surface area contributed by atoms with E-state index < -0.39 is 0 Å². The number of benzene rings is 2. The number of rotatable bonds is 4. The number of nitrogens with two attached hydrogens (primary N) is 1. The summed E-state index contributed by atoms with van der Waals surface area (Å²) < 4.78 is 19.3. The fourth-order valence-corrected chi connectivity index (χ4v) is 2.03. The van der Waals surface area contributed by atoms with Gasteiger partial charge in [0, 0.05) is 22.6 Å². The summed E-state index contributed by atoms with van der Waals surface area (Å²) >= 11 is 3.22. The van der Waals surface area contributed by atoms with Crippen LogP contribution in [0.4, 0.5) is 10.1 Å². The van der Waals surface area contributed by atoms with Crippen LogP contribution < -0.4 is 10.5 Å². The molecular weight excluding hydrogens is 297 g/mol. The van der Waals surface area contributed by atoms with Crippen molar-refractivity contribution in [3.63, 3.8) is 0 Å². The second-order valence-electron chi connectivity index (χ2n) is 3.95. The number of ether oxygens (including phenoxy) is 1. The zero-order valence-corrected chi connectivity index (χ0v) is 11.3. The third-order valence-electron chi connectivity index (χ3n) is 2.48. The number of halogens is 2. The van der Waals surface area contributed by atoms with Gasteiger partial charge in [0.05, 0.1) is 6.61 Å². The average Bonchev–Trinajstić information content (AvgIpc) is 2.30. The highest BCUT2D eigenvalue weighted by Crippen LogP contribution is 2.20. The average molecular weight is 310 g/mol. The van der Waals surface area contributed by atoms with Gasteiger partial charge >= 0.3 is 0 Å². The maximum atomic E-state index is 13.1. The molecule has 2 N–H and O–H groups in total. The molecule has 0 unspecified atom stereocenters. The lowest BCUT2D eigenvalue weighted by atomic mass is 10.1. The van der Waals surface area contributed by atoms with Gasteiger partial charge < -0.3 is 10.5 Å². The van der Waals surface area contributed by atoms with E-state index >= 15 is 0 Å². The van der Waals surface area contributed by atoms with Crippen LogP contribution in [-0.2, 0) is 6.42 Å².